The SMILES string of the molecule is I.NC(=NCCOc1cccc(C(F)(F)F)n1)N1CCCCCC1. The minimum Gasteiger partial charge on any atom is -0.476 e. The largest absolute Gasteiger partial charge is 0.476 e. The fourth-order valence-electron chi connectivity index (χ4n) is 2.36. The summed E-state index contributed by atoms with van der Waals surface area (Å²) in [6, 6.07) is 3.56. The van der Waals surface area contributed by atoms with Gasteiger partial charge in [0.05, 0.1) is 6.54 Å². The van der Waals surface area contributed by atoms with Gasteiger partial charge < -0.3 is 15.4 Å². The third-order valence-corrected chi connectivity index (χ3v) is 3.56. The molecule has 0 saturated carbocycles. The molecule has 0 atom stereocenters. The van der Waals surface area contributed by atoms with Crippen molar-refractivity contribution in [3.05, 3.63) is 23.9 Å². The number of alkyl halides is 3. The number of hydrogen-bond donors (Lipinski definition) is 1. The number of hydrogen-bond acceptors (Lipinski definition) is 3. The van der Waals surface area contributed by atoms with Crippen LogP contribution in [-0.4, -0.2) is 42.1 Å². The van der Waals surface area contributed by atoms with Crippen molar-refractivity contribution in [1.82, 2.24) is 9.88 Å². The molecule has 5 nitrogen and oxygen atoms in total. The Labute approximate surface area is 156 Å². The smallest absolute Gasteiger partial charge is 0.433 e. The van der Waals surface area contributed by atoms with E-state index in [1.165, 1.54) is 25.0 Å². The van der Waals surface area contributed by atoms with Gasteiger partial charge in [-0.05, 0) is 18.9 Å². The quantitative estimate of drug-likeness (QED) is 0.326. The Balaban J connectivity index is 0.00000288. The summed E-state index contributed by atoms with van der Waals surface area (Å²) in [6.07, 6.45) is 0.124. The van der Waals surface area contributed by atoms with Gasteiger partial charge in [-0.3, -0.25) is 0 Å². The number of nitrogens with zero attached hydrogens (tertiary/aromatic N) is 3. The molecule has 9 heteroatoms. The van der Waals surface area contributed by atoms with Crippen LogP contribution in [0.2, 0.25) is 0 Å². The zero-order valence-electron chi connectivity index (χ0n) is 13.3. The molecule has 136 valence electrons. The van der Waals surface area contributed by atoms with Crippen LogP contribution in [0, 0.1) is 0 Å². The highest BCUT2D eigenvalue weighted by atomic mass is 127. The van der Waals surface area contributed by atoms with Gasteiger partial charge >= 0.3 is 6.18 Å². The third-order valence-electron chi connectivity index (χ3n) is 3.56. The van der Waals surface area contributed by atoms with E-state index >= 15 is 0 Å². The van der Waals surface area contributed by atoms with Crippen LogP contribution in [-0.2, 0) is 6.18 Å². The normalized spacial score (nSPS) is 16.3. The molecule has 1 aromatic rings. The van der Waals surface area contributed by atoms with Gasteiger partial charge in [-0.25, -0.2) is 9.98 Å². The summed E-state index contributed by atoms with van der Waals surface area (Å²) in [5.41, 5.74) is 4.96. The van der Waals surface area contributed by atoms with E-state index in [9.17, 15) is 13.2 Å². The first-order valence-corrected chi connectivity index (χ1v) is 7.69. The van der Waals surface area contributed by atoms with E-state index in [-0.39, 0.29) is 43.0 Å². The van der Waals surface area contributed by atoms with Gasteiger partial charge in [-0.15, -0.1) is 24.0 Å². The fraction of sp³-hybridized carbons (Fsp3) is 0.600. The van der Waals surface area contributed by atoms with Crippen molar-refractivity contribution < 1.29 is 17.9 Å². The molecule has 1 aromatic heterocycles. The van der Waals surface area contributed by atoms with Gasteiger partial charge in [0, 0.05) is 19.2 Å². The van der Waals surface area contributed by atoms with Gasteiger partial charge in [-0.1, -0.05) is 18.9 Å². The molecule has 2 N–H and O–H groups in total. The summed E-state index contributed by atoms with van der Waals surface area (Å²) in [5, 5.41) is 0. The Morgan fingerprint density at radius 3 is 2.50 bits per heavy atom. The van der Waals surface area contributed by atoms with E-state index in [1.807, 2.05) is 4.90 Å². The van der Waals surface area contributed by atoms with Crippen LogP contribution in [0.5, 0.6) is 5.88 Å². The molecule has 1 aliphatic heterocycles. The Kier molecular flexibility index (Phi) is 8.57. The van der Waals surface area contributed by atoms with Crippen molar-refractivity contribution in [3.63, 3.8) is 0 Å². The van der Waals surface area contributed by atoms with Crippen molar-refractivity contribution in [2.45, 2.75) is 31.9 Å². The molecule has 1 fully saturated rings. The molecule has 0 radical (unpaired) electrons. The van der Waals surface area contributed by atoms with E-state index < -0.39 is 11.9 Å². The Morgan fingerprint density at radius 1 is 1.21 bits per heavy atom. The lowest BCUT2D eigenvalue weighted by atomic mass is 10.2. The zero-order valence-corrected chi connectivity index (χ0v) is 15.6. The number of nitrogens with two attached hydrogens (primary N) is 1. The molecule has 2 heterocycles. The molecule has 0 aliphatic carbocycles. The predicted molar refractivity (Wildman–Crippen MR) is 96.7 cm³/mol. The highest BCUT2D eigenvalue weighted by Crippen LogP contribution is 2.28. The molecular weight excluding hydrogens is 436 g/mol. The second-order valence-corrected chi connectivity index (χ2v) is 5.35. The van der Waals surface area contributed by atoms with E-state index in [2.05, 4.69) is 9.98 Å². The molecule has 0 unspecified atom stereocenters. The van der Waals surface area contributed by atoms with Gasteiger partial charge in [0.15, 0.2) is 5.96 Å². The maximum Gasteiger partial charge on any atom is 0.433 e. The van der Waals surface area contributed by atoms with Crippen LogP contribution in [0.15, 0.2) is 23.2 Å². The van der Waals surface area contributed by atoms with E-state index in [0.29, 0.717) is 5.96 Å². The van der Waals surface area contributed by atoms with Crippen molar-refractivity contribution >= 4 is 29.9 Å². The van der Waals surface area contributed by atoms with Crippen molar-refractivity contribution in [2.24, 2.45) is 10.7 Å². The van der Waals surface area contributed by atoms with Crippen molar-refractivity contribution in [2.75, 3.05) is 26.2 Å². The number of halogens is 4. The number of pyridine rings is 1. The maximum absolute atomic E-state index is 12.5. The van der Waals surface area contributed by atoms with Crippen molar-refractivity contribution in [3.8, 4) is 5.88 Å². The number of rotatable bonds is 4. The van der Waals surface area contributed by atoms with Gasteiger partial charge in [-0.2, -0.15) is 13.2 Å². The van der Waals surface area contributed by atoms with Crippen LogP contribution in [0.4, 0.5) is 13.2 Å². The van der Waals surface area contributed by atoms with Gasteiger partial charge in [0.25, 0.3) is 0 Å². The topological polar surface area (TPSA) is 63.7 Å². The maximum atomic E-state index is 12.5. The lowest BCUT2D eigenvalue weighted by molar-refractivity contribution is -0.141. The van der Waals surface area contributed by atoms with E-state index in [1.54, 1.807) is 0 Å². The molecule has 0 bridgehead atoms. The molecule has 24 heavy (non-hydrogen) atoms. The Bertz CT molecular complexity index is 532. The lowest BCUT2D eigenvalue weighted by Gasteiger charge is -2.21. The van der Waals surface area contributed by atoms with Crippen LogP contribution in [0.25, 0.3) is 0 Å². The predicted octanol–water partition coefficient (Wildman–Crippen LogP) is 3.29. The molecular formula is C15H22F3IN4O. The number of ether oxygens (including phenoxy) is 1. The van der Waals surface area contributed by atoms with E-state index in [0.717, 1.165) is 32.0 Å². The molecule has 1 aliphatic rings. The Morgan fingerprint density at radius 2 is 1.88 bits per heavy atom. The minimum absolute atomic E-state index is 0. The van der Waals surface area contributed by atoms with Crippen LogP contribution in [0.1, 0.15) is 31.4 Å². The molecule has 2 rings (SSSR count). The van der Waals surface area contributed by atoms with Crippen LogP contribution in [0.3, 0.4) is 0 Å². The lowest BCUT2D eigenvalue weighted by Crippen LogP contribution is -2.38. The minimum atomic E-state index is -4.48. The van der Waals surface area contributed by atoms with Gasteiger partial charge in [0.1, 0.15) is 12.3 Å². The van der Waals surface area contributed by atoms with Crippen LogP contribution < -0.4 is 10.5 Å². The fourth-order valence-corrected chi connectivity index (χ4v) is 2.36. The summed E-state index contributed by atoms with van der Waals surface area (Å²) < 4.78 is 42.8. The number of likely N-dealkylation sites (tertiary alicyclic amines) is 1. The highest BCUT2D eigenvalue weighted by Gasteiger charge is 2.32. The summed E-state index contributed by atoms with van der Waals surface area (Å²) >= 11 is 0. The first kappa shape index (κ1) is 20.8. The summed E-state index contributed by atoms with van der Waals surface area (Å²) in [5.74, 6) is 0.399. The molecule has 0 aromatic carbocycles. The van der Waals surface area contributed by atoms with Gasteiger partial charge in [0.2, 0.25) is 5.88 Å². The molecule has 0 amide bonds. The first-order chi connectivity index (χ1) is 11.0. The molecule has 1 saturated heterocycles. The summed E-state index contributed by atoms with van der Waals surface area (Å²) in [6.45, 7) is 2.19. The second-order valence-electron chi connectivity index (χ2n) is 5.35. The first-order valence-electron chi connectivity index (χ1n) is 7.69. The number of aliphatic imine (C=N–C) groups is 1. The average Bonchev–Trinajstić information content (AvgIpc) is 2.80. The van der Waals surface area contributed by atoms with E-state index in [4.69, 9.17) is 10.5 Å². The average molecular weight is 458 g/mol. The standard InChI is InChI=1S/C15H21F3N4O.HI/c16-15(17,18)12-6-5-7-13(21-12)23-11-8-20-14(19)22-9-3-1-2-4-10-22;/h5-7H,1-4,8-11H2,(H2,19,20);1H. The number of guanidine groups is 1. The zero-order chi connectivity index (χ0) is 16.7. The van der Waals surface area contributed by atoms with Crippen molar-refractivity contribution in [1.29, 1.82) is 0 Å². The molecule has 0 spiro atoms. The second kappa shape index (κ2) is 9.90. The summed E-state index contributed by atoms with van der Waals surface area (Å²) in [7, 11) is 0. The monoisotopic (exact) mass is 458 g/mol. The Hall–Kier alpha value is -1.26. The third kappa shape index (κ3) is 6.70. The van der Waals surface area contributed by atoms with Crippen LogP contribution >= 0.6 is 24.0 Å². The summed E-state index contributed by atoms with van der Waals surface area (Å²) in [4.78, 5) is 9.68. The number of aromatic nitrogens is 1. The highest BCUT2D eigenvalue weighted by molar-refractivity contribution is 14.0.